The zero-order chi connectivity index (χ0) is 15.4. The first kappa shape index (κ1) is 16.3. The minimum absolute atomic E-state index is 0.202. The van der Waals surface area contributed by atoms with Crippen molar-refractivity contribution >= 4 is 27.5 Å². The van der Waals surface area contributed by atoms with E-state index in [0.29, 0.717) is 10.8 Å². The molecule has 2 atom stereocenters. The van der Waals surface area contributed by atoms with Gasteiger partial charge in [-0.2, -0.15) is 5.10 Å². The van der Waals surface area contributed by atoms with Crippen molar-refractivity contribution in [2.45, 2.75) is 39.0 Å². The highest BCUT2D eigenvalue weighted by molar-refractivity contribution is 9.10. The van der Waals surface area contributed by atoms with Gasteiger partial charge >= 0.3 is 0 Å². The summed E-state index contributed by atoms with van der Waals surface area (Å²) >= 11 is 9.48. The van der Waals surface area contributed by atoms with Crippen LogP contribution in [0.2, 0.25) is 5.02 Å². The van der Waals surface area contributed by atoms with Crippen LogP contribution in [0.15, 0.2) is 34.9 Å². The molecule has 2 aromatic rings. The Morgan fingerprint density at radius 1 is 1.48 bits per heavy atom. The lowest BCUT2D eigenvalue weighted by Crippen LogP contribution is -2.31. The number of nitrogens with two attached hydrogens (primary N) is 1. The molecule has 0 bridgehead atoms. The van der Waals surface area contributed by atoms with Crippen molar-refractivity contribution < 1.29 is 4.74 Å². The summed E-state index contributed by atoms with van der Waals surface area (Å²) in [6.07, 6.45) is 2.57. The van der Waals surface area contributed by atoms with Crippen LogP contribution in [0.25, 0.3) is 0 Å². The molecular formula is C15H19BrClN3O. The SMILES string of the molecule is CCCn1ncc(Br)c1C(N)C(C)Oc1cccc(Cl)c1. The summed E-state index contributed by atoms with van der Waals surface area (Å²) in [5.74, 6) is 0.711. The molecule has 2 unspecified atom stereocenters. The van der Waals surface area contributed by atoms with Gasteiger partial charge in [0.25, 0.3) is 0 Å². The fourth-order valence-corrected chi connectivity index (χ4v) is 2.88. The van der Waals surface area contributed by atoms with Crippen LogP contribution < -0.4 is 10.5 Å². The number of nitrogens with zero attached hydrogens (tertiary/aromatic N) is 2. The summed E-state index contributed by atoms with van der Waals surface area (Å²) in [5, 5.41) is 4.99. The van der Waals surface area contributed by atoms with Crippen LogP contribution >= 0.6 is 27.5 Å². The molecule has 0 aliphatic heterocycles. The topological polar surface area (TPSA) is 53.1 Å². The summed E-state index contributed by atoms with van der Waals surface area (Å²) in [4.78, 5) is 0. The largest absolute Gasteiger partial charge is 0.489 e. The number of hydrogen-bond acceptors (Lipinski definition) is 3. The van der Waals surface area contributed by atoms with Crippen molar-refractivity contribution in [2.24, 2.45) is 5.73 Å². The number of aryl methyl sites for hydroxylation is 1. The summed E-state index contributed by atoms with van der Waals surface area (Å²) in [7, 11) is 0. The number of rotatable bonds is 6. The van der Waals surface area contributed by atoms with E-state index in [1.807, 2.05) is 29.8 Å². The van der Waals surface area contributed by atoms with Gasteiger partial charge in [-0.3, -0.25) is 4.68 Å². The maximum atomic E-state index is 6.35. The highest BCUT2D eigenvalue weighted by Gasteiger charge is 2.23. The Bertz CT molecular complexity index is 602. The molecule has 1 aromatic carbocycles. The Morgan fingerprint density at radius 2 is 2.24 bits per heavy atom. The van der Waals surface area contributed by atoms with E-state index in [4.69, 9.17) is 22.1 Å². The van der Waals surface area contributed by atoms with Gasteiger partial charge < -0.3 is 10.5 Å². The van der Waals surface area contributed by atoms with Crippen LogP contribution in [-0.4, -0.2) is 15.9 Å². The van der Waals surface area contributed by atoms with Crippen LogP contribution in [0.5, 0.6) is 5.75 Å². The van der Waals surface area contributed by atoms with E-state index >= 15 is 0 Å². The smallest absolute Gasteiger partial charge is 0.121 e. The average molecular weight is 373 g/mol. The first-order chi connectivity index (χ1) is 10.0. The van der Waals surface area contributed by atoms with E-state index in [1.165, 1.54) is 0 Å². The maximum absolute atomic E-state index is 6.35. The molecule has 2 N–H and O–H groups in total. The van der Waals surface area contributed by atoms with Crippen molar-refractivity contribution in [3.8, 4) is 5.75 Å². The van der Waals surface area contributed by atoms with Gasteiger partial charge in [-0.15, -0.1) is 0 Å². The van der Waals surface area contributed by atoms with Gasteiger partial charge in [0.2, 0.25) is 0 Å². The molecule has 0 spiro atoms. The first-order valence-electron chi connectivity index (χ1n) is 6.92. The predicted molar refractivity (Wildman–Crippen MR) is 88.7 cm³/mol. The Morgan fingerprint density at radius 3 is 2.90 bits per heavy atom. The third kappa shape index (κ3) is 3.99. The average Bonchev–Trinajstić information content (AvgIpc) is 2.79. The molecule has 0 aliphatic rings. The second kappa shape index (κ2) is 7.29. The monoisotopic (exact) mass is 371 g/mol. The predicted octanol–water partition coefficient (Wildman–Crippen LogP) is 4.18. The summed E-state index contributed by atoms with van der Waals surface area (Å²) < 4.78 is 8.73. The van der Waals surface area contributed by atoms with Crippen molar-refractivity contribution in [2.75, 3.05) is 0 Å². The second-order valence-electron chi connectivity index (χ2n) is 4.91. The van der Waals surface area contributed by atoms with Gasteiger partial charge in [-0.25, -0.2) is 0 Å². The highest BCUT2D eigenvalue weighted by Crippen LogP contribution is 2.27. The Balaban J connectivity index is 2.15. The molecule has 0 saturated heterocycles. The van der Waals surface area contributed by atoms with Crippen LogP contribution in [0.3, 0.4) is 0 Å². The minimum Gasteiger partial charge on any atom is -0.489 e. The highest BCUT2D eigenvalue weighted by atomic mass is 79.9. The fraction of sp³-hybridized carbons (Fsp3) is 0.400. The van der Waals surface area contributed by atoms with Gasteiger partial charge in [0, 0.05) is 11.6 Å². The molecule has 21 heavy (non-hydrogen) atoms. The quantitative estimate of drug-likeness (QED) is 0.827. The summed E-state index contributed by atoms with van der Waals surface area (Å²) in [5.41, 5.74) is 7.30. The number of benzene rings is 1. The second-order valence-corrected chi connectivity index (χ2v) is 6.20. The molecule has 0 fully saturated rings. The molecule has 6 heteroatoms. The standard InChI is InChI=1S/C15H19BrClN3O/c1-3-7-20-15(13(16)9-19-20)14(18)10(2)21-12-6-4-5-11(17)8-12/h4-6,8-10,14H,3,7,18H2,1-2H3. The van der Waals surface area contributed by atoms with Gasteiger partial charge in [-0.1, -0.05) is 24.6 Å². The number of aromatic nitrogens is 2. The van der Waals surface area contributed by atoms with Crippen LogP contribution in [0.4, 0.5) is 0 Å². The first-order valence-corrected chi connectivity index (χ1v) is 8.09. The zero-order valence-corrected chi connectivity index (χ0v) is 14.4. The van der Waals surface area contributed by atoms with Crippen LogP contribution in [0, 0.1) is 0 Å². The Kier molecular flexibility index (Phi) is 5.67. The van der Waals surface area contributed by atoms with Crippen molar-refractivity contribution in [3.05, 3.63) is 45.7 Å². The number of hydrogen-bond donors (Lipinski definition) is 1. The molecule has 0 radical (unpaired) electrons. The van der Waals surface area contributed by atoms with Gasteiger partial charge in [-0.05, 0) is 47.5 Å². The summed E-state index contributed by atoms with van der Waals surface area (Å²) in [6, 6.07) is 7.03. The number of ether oxygens (including phenoxy) is 1. The Labute approximate surface area is 138 Å². The molecule has 2 rings (SSSR count). The molecule has 1 heterocycles. The normalized spacial score (nSPS) is 14.0. The lowest BCUT2D eigenvalue weighted by atomic mass is 10.1. The van der Waals surface area contributed by atoms with Crippen LogP contribution in [0.1, 0.15) is 32.0 Å². The van der Waals surface area contributed by atoms with E-state index in [9.17, 15) is 0 Å². The Hall–Kier alpha value is -1.04. The van der Waals surface area contributed by atoms with Gasteiger partial charge in [0.05, 0.1) is 22.4 Å². The molecular weight excluding hydrogens is 354 g/mol. The van der Waals surface area contributed by atoms with E-state index < -0.39 is 0 Å². The van der Waals surface area contributed by atoms with Crippen LogP contribution in [-0.2, 0) is 6.54 Å². The van der Waals surface area contributed by atoms with Gasteiger partial charge in [0.15, 0.2) is 0 Å². The van der Waals surface area contributed by atoms with Gasteiger partial charge in [0.1, 0.15) is 11.9 Å². The molecule has 0 aliphatic carbocycles. The number of halogens is 2. The molecule has 114 valence electrons. The molecule has 4 nitrogen and oxygen atoms in total. The molecule has 1 aromatic heterocycles. The lowest BCUT2D eigenvalue weighted by Gasteiger charge is -2.23. The van der Waals surface area contributed by atoms with E-state index in [0.717, 1.165) is 23.1 Å². The fourth-order valence-electron chi connectivity index (χ4n) is 2.14. The third-order valence-electron chi connectivity index (χ3n) is 3.21. The zero-order valence-electron chi connectivity index (χ0n) is 12.1. The van der Waals surface area contributed by atoms with E-state index in [2.05, 4.69) is 28.0 Å². The lowest BCUT2D eigenvalue weighted by molar-refractivity contribution is 0.185. The molecule has 0 amide bonds. The van der Waals surface area contributed by atoms with Crippen molar-refractivity contribution in [1.29, 1.82) is 0 Å². The minimum atomic E-state index is -0.285. The summed E-state index contributed by atoms with van der Waals surface area (Å²) in [6.45, 7) is 4.89. The third-order valence-corrected chi connectivity index (χ3v) is 4.05. The van der Waals surface area contributed by atoms with E-state index in [-0.39, 0.29) is 12.1 Å². The maximum Gasteiger partial charge on any atom is 0.121 e. The van der Waals surface area contributed by atoms with Crippen molar-refractivity contribution in [3.63, 3.8) is 0 Å². The van der Waals surface area contributed by atoms with E-state index in [1.54, 1.807) is 12.3 Å². The van der Waals surface area contributed by atoms with Crippen molar-refractivity contribution in [1.82, 2.24) is 9.78 Å². The molecule has 0 saturated carbocycles.